The Hall–Kier alpha value is -0.910. The minimum Gasteiger partial charge on any atom is -0.481 e. The lowest BCUT2D eigenvalue weighted by atomic mass is 10.1. The predicted octanol–water partition coefficient (Wildman–Crippen LogP) is 0.111. The molecule has 5 nitrogen and oxygen atoms in total. The first kappa shape index (κ1) is 13.2. The number of primary amides is 1. The van der Waals surface area contributed by atoms with Crippen molar-refractivity contribution in [3.63, 3.8) is 0 Å². The van der Waals surface area contributed by atoms with Crippen molar-refractivity contribution in [2.75, 3.05) is 11.5 Å². The van der Waals surface area contributed by atoms with Crippen LogP contribution in [0.15, 0.2) is 0 Å². The minimum atomic E-state index is -1.16. The van der Waals surface area contributed by atoms with Gasteiger partial charge in [0.1, 0.15) is 0 Å². The quantitative estimate of drug-likeness (QED) is 0.667. The molecule has 0 radical (unpaired) electrons. The Labute approximate surface area is 96.8 Å². The van der Waals surface area contributed by atoms with E-state index in [4.69, 9.17) is 10.8 Å². The summed E-state index contributed by atoms with van der Waals surface area (Å²) in [6.07, 6.45) is 1.70. The second-order valence-electron chi connectivity index (χ2n) is 4.62. The summed E-state index contributed by atoms with van der Waals surface area (Å²) >= 11 is 0. The third kappa shape index (κ3) is 3.92. The van der Waals surface area contributed by atoms with Crippen molar-refractivity contribution in [1.29, 1.82) is 0 Å². The van der Waals surface area contributed by atoms with Crippen molar-refractivity contribution >= 4 is 22.7 Å². The highest BCUT2D eigenvalue weighted by Gasteiger charge is 2.45. The lowest BCUT2D eigenvalue weighted by Crippen LogP contribution is -2.28. The van der Waals surface area contributed by atoms with Gasteiger partial charge in [0.15, 0.2) is 0 Å². The number of amides is 1. The van der Waals surface area contributed by atoms with E-state index in [-0.39, 0.29) is 17.6 Å². The van der Waals surface area contributed by atoms with Gasteiger partial charge < -0.3 is 10.8 Å². The number of carboxylic acids is 1. The molecule has 1 amide bonds. The van der Waals surface area contributed by atoms with Crippen LogP contribution in [0.25, 0.3) is 0 Å². The summed E-state index contributed by atoms with van der Waals surface area (Å²) in [5.74, 6) is -1.12. The van der Waals surface area contributed by atoms with Gasteiger partial charge in [-0.3, -0.25) is 13.8 Å². The summed E-state index contributed by atoms with van der Waals surface area (Å²) in [5, 5.41) is 8.70. The molecule has 0 aromatic carbocycles. The van der Waals surface area contributed by atoms with E-state index in [9.17, 15) is 13.8 Å². The number of hydrogen-bond donors (Lipinski definition) is 2. The lowest BCUT2D eigenvalue weighted by Gasteiger charge is -2.13. The van der Waals surface area contributed by atoms with Gasteiger partial charge >= 0.3 is 5.97 Å². The summed E-state index contributed by atoms with van der Waals surface area (Å²) in [6.45, 7) is 1.64. The fourth-order valence-corrected chi connectivity index (χ4v) is 3.54. The molecular formula is C10H17NO4S. The highest BCUT2D eigenvalue weighted by Crippen LogP contribution is 2.49. The summed E-state index contributed by atoms with van der Waals surface area (Å²) in [4.78, 5) is 21.4. The second kappa shape index (κ2) is 4.95. The molecule has 1 rings (SSSR count). The maximum absolute atomic E-state index is 11.7. The molecule has 1 aliphatic rings. The second-order valence-corrected chi connectivity index (χ2v) is 6.13. The molecule has 1 saturated carbocycles. The fourth-order valence-electron chi connectivity index (χ4n) is 1.63. The van der Waals surface area contributed by atoms with Crippen LogP contribution in [0.4, 0.5) is 0 Å². The maximum Gasteiger partial charge on any atom is 0.303 e. The molecule has 6 heteroatoms. The Morgan fingerprint density at radius 1 is 1.50 bits per heavy atom. The lowest BCUT2D eigenvalue weighted by molar-refractivity contribution is -0.138. The van der Waals surface area contributed by atoms with Crippen LogP contribution in [-0.4, -0.2) is 32.7 Å². The van der Waals surface area contributed by atoms with Crippen LogP contribution in [0.1, 0.15) is 26.2 Å². The third-order valence-electron chi connectivity index (χ3n) is 2.87. The van der Waals surface area contributed by atoms with E-state index in [1.807, 2.05) is 0 Å². The van der Waals surface area contributed by atoms with Crippen molar-refractivity contribution < 1.29 is 18.9 Å². The molecule has 2 unspecified atom stereocenters. The van der Waals surface area contributed by atoms with Crippen LogP contribution in [0.5, 0.6) is 0 Å². The Morgan fingerprint density at radius 2 is 2.06 bits per heavy atom. The third-order valence-corrected chi connectivity index (χ3v) is 4.68. The summed E-state index contributed by atoms with van der Waals surface area (Å²) < 4.78 is 11.7. The zero-order valence-electron chi connectivity index (χ0n) is 9.27. The Bertz CT molecular complexity index is 325. The van der Waals surface area contributed by atoms with E-state index >= 15 is 0 Å². The van der Waals surface area contributed by atoms with E-state index < -0.39 is 28.6 Å². The molecule has 1 fully saturated rings. The van der Waals surface area contributed by atoms with Gasteiger partial charge in [0, 0.05) is 28.2 Å². The van der Waals surface area contributed by atoms with Gasteiger partial charge in [0.05, 0.1) is 6.42 Å². The molecule has 16 heavy (non-hydrogen) atoms. The van der Waals surface area contributed by atoms with Gasteiger partial charge in [0.2, 0.25) is 5.91 Å². The zero-order valence-corrected chi connectivity index (χ0v) is 10.1. The van der Waals surface area contributed by atoms with Crippen molar-refractivity contribution in [3.05, 3.63) is 0 Å². The average Bonchev–Trinajstić information content (AvgIpc) is 2.82. The molecule has 92 valence electrons. The maximum atomic E-state index is 11.7. The Morgan fingerprint density at radius 3 is 2.44 bits per heavy atom. The summed E-state index contributed by atoms with van der Waals surface area (Å²) in [5.41, 5.74) is 4.79. The smallest absolute Gasteiger partial charge is 0.303 e. The average molecular weight is 247 g/mol. The number of carbonyl (C=O) groups is 2. The van der Waals surface area contributed by atoms with Gasteiger partial charge in [-0.25, -0.2) is 0 Å². The number of aliphatic carboxylic acids is 1. The largest absolute Gasteiger partial charge is 0.481 e. The van der Waals surface area contributed by atoms with Crippen molar-refractivity contribution in [2.45, 2.75) is 26.2 Å². The number of rotatable bonds is 7. The summed E-state index contributed by atoms with van der Waals surface area (Å²) in [6, 6.07) is 0. The van der Waals surface area contributed by atoms with Crippen LogP contribution in [-0.2, 0) is 20.4 Å². The topological polar surface area (TPSA) is 97.5 Å². The molecule has 0 aromatic heterocycles. The van der Waals surface area contributed by atoms with Crippen LogP contribution < -0.4 is 5.73 Å². The highest BCUT2D eigenvalue weighted by molar-refractivity contribution is 7.85. The monoisotopic (exact) mass is 247 g/mol. The van der Waals surface area contributed by atoms with Crippen LogP contribution in [0.2, 0.25) is 0 Å². The highest BCUT2D eigenvalue weighted by atomic mass is 32.2. The predicted molar refractivity (Wildman–Crippen MR) is 60.2 cm³/mol. The molecule has 0 bridgehead atoms. The van der Waals surface area contributed by atoms with E-state index in [1.165, 1.54) is 0 Å². The number of nitrogens with two attached hydrogens (primary N) is 1. The Kier molecular flexibility index (Phi) is 4.07. The zero-order chi connectivity index (χ0) is 12.3. The molecule has 0 heterocycles. The van der Waals surface area contributed by atoms with Gasteiger partial charge in [0.25, 0.3) is 0 Å². The summed E-state index contributed by atoms with van der Waals surface area (Å²) in [7, 11) is -1.16. The minimum absolute atomic E-state index is 0.0731. The van der Waals surface area contributed by atoms with Gasteiger partial charge in [-0.1, -0.05) is 6.92 Å². The first-order valence-electron chi connectivity index (χ1n) is 5.21. The standard InChI is InChI=1S/C10H17NO4S/c1-7(9(11)14)5-16(15)6-10(2-3-10)4-8(12)13/h7H,2-6H2,1H3,(H2,11,14)(H,12,13). The molecular weight excluding hydrogens is 230 g/mol. The SMILES string of the molecule is CC(CS(=O)CC1(CC(=O)O)CC1)C(N)=O. The first-order valence-corrected chi connectivity index (χ1v) is 6.69. The number of carbonyl (C=O) groups excluding carboxylic acids is 1. The molecule has 3 N–H and O–H groups in total. The molecule has 1 aliphatic carbocycles. The van der Waals surface area contributed by atoms with Crippen molar-refractivity contribution in [3.8, 4) is 0 Å². The van der Waals surface area contributed by atoms with Crippen LogP contribution in [0, 0.1) is 11.3 Å². The molecule has 2 atom stereocenters. The van der Waals surface area contributed by atoms with Gasteiger partial charge in [-0.15, -0.1) is 0 Å². The van der Waals surface area contributed by atoms with E-state index in [2.05, 4.69) is 0 Å². The molecule has 0 saturated heterocycles. The number of carboxylic acid groups (broad SMARTS) is 1. The van der Waals surface area contributed by atoms with Crippen molar-refractivity contribution in [1.82, 2.24) is 0 Å². The normalized spacial score (nSPS) is 21.1. The van der Waals surface area contributed by atoms with E-state index in [1.54, 1.807) is 6.92 Å². The van der Waals surface area contributed by atoms with Crippen LogP contribution >= 0.6 is 0 Å². The molecule has 0 aliphatic heterocycles. The van der Waals surface area contributed by atoms with Crippen molar-refractivity contribution in [2.24, 2.45) is 17.1 Å². The van der Waals surface area contributed by atoms with Gasteiger partial charge in [-0.2, -0.15) is 0 Å². The Balaban J connectivity index is 2.40. The molecule has 0 aromatic rings. The fraction of sp³-hybridized carbons (Fsp3) is 0.800. The molecule has 0 spiro atoms. The number of hydrogen-bond acceptors (Lipinski definition) is 3. The van der Waals surface area contributed by atoms with Crippen LogP contribution in [0.3, 0.4) is 0 Å². The first-order chi connectivity index (χ1) is 7.34. The van der Waals surface area contributed by atoms with E-state index in [0.717, 1.165) is 12.8 Å². The van der Waals surface area contributed by atoms with E-state index in [0.29, 0.717) is 5.75 Å². The van der Waals surface area contributed by atoms with Gasteiger partial charge in [-0.05, 0) is 18.3 Å².